The summed E-state index contributed by atoms with van der Waals surface area (Å²) < 4.78 is 22.8. The molecule has 0 fully saturated rings. The highest BCUT2D eigenvalue weighted by Crippen LogP contribution is 2.18. The fourth-order valence-corrected chi connectivity index (χ4v) is 11.0. The molecule has 0 aromatic heterocycles. The molecule has 97 heavy (non-hydrogen) atoms. The minimum atomic E-state index is -1.63. The molecule has 2 unspecified atom stereocenters. The number of esters is 2. The first-order chi connectivity index (χ1) is 47.6. The minimum Gasteiger partial charge on any atom is -0.545 e. The van der Waals surface area contributed by atoms with Crippen molar-refractivity contribution in [2.45, 2.75) is 347 Å². The number of quaternary nitrogens is 1. The number of rotatable bonds is 73. The first-order valence-corrected chi connectivity index (χ1v) is 40.0. The highest BCUT2D eigenvalue weighted by Gasteiger charge is 2.22. The van der Waals surface area contributed by atoms with Gasteiger partial charge in [-0.25, -0.2) is 0 Å². The molecule has 0 aromatic carbocycles. The molecule has 0 saturated carbocycles. The number of ether oxygens (including phenoxy) is 4. The molecule has 0 spiro atoms. The normalized spacial score (nSPS) is 13.5. The van der Waals surface area contributed by atoms with Crippen molar-refractivity contribution in [1.29, 1.82) is 0 Å². The molecular weight excluding hydrogens is 1200 g/mol. The molecule has 0 aromatic rings. The van der Waals surface area contributed by atoms with Crippen LogP contribution in [0.25, 0.3) is 0 Å². The zero-order valence-electron chi connectivity index (χ0n) is 63.4. The monoisotopic (exact) mass is 1350 g/mol. The molecule has 2 atom stereocenters. The van der Waals surface area contributed by atoms with E-state index in [1.54, 1.807) is 0 Å². The van der Waals surface area contributed by atoms with Crippen molar-refractivity contribution in [2.24, 2.45) is 0 Å². The second-order valence-corrected chi connectivity index (χ2v) is 27.6. The number of carbonyl (C=O) groups excluding carboxylic acids is 3. The number of allylic oxidation sites excluding steroid dienone is 24. The second-order valence-electron chi connectivity index (χ2n) is 27.6. The number of carboxylic acid groups (broad SMARTS) is 1. The fourth-order valence-electron chi connectivity index (χ4n) is 11.0. The quantitative estimate of drug-likeness (QED) is 0.0195. The maximum absolute atomic E-state index is 13.0. The molecule has 9 nitrogen and oxygen atoms in total. The summed E-state index contributed by atoms with van der Waals surface area (Å²) in [5.74, 6) is -2.30. The number of carboxylic acids is 1. The van der Waals surface area contributed by atoms with E-state index in [9.17, 15) is 19.5 Å². The van der Waals surface area contributed by atoms with Gasteiger partial charge in [0.15, 0.2) is 12.4 Å². The van der Waals surface area contributed by atoms with Crippen molar-refractivity contribution in [1.82, 2.24) is 0 Å². The Morgan fingerprint density at radius 3 is 0.876 bits per heavy atom. The molecule has 0 bridgehead atoms. The molecule has 554 valence electrons. The third kappa shape index (κ3) is 78.4. The van der Waals surface area contributed by atoms with Crippen molar-refractivity contribution in [3.05, 3.63) is 146 Å². The smallest absolute Gasteiger partial charge is 0.306 e. The summed E-state index contributed by atoms with van der Waals surface area (Å²) >= 11 is 0. The van der Waals surface area contributed by atoms with Gasteiger partial charge in [-0.05, 0) is 122 Å². The van der Waals surface area contributed by atoms with Crippen LogP contribution in [0.5, 0.6) is 0 Å². The molecule has 0 radical (unpaired) electrons. The predicted molar refractivity (Wildman–Crippen MR) is 416 cm³/mol. The summed E-state index contributed by atoms with van der Waals surface area (Å²) in [6, 6.07) is 0. The lowest BCUT2D eigenvalue weighted by Crippen LogP contribution is -2.44. The van der Waals surface area contributed by atoms with E-state index >= 15 is 0 Å². The van der Waals surface area contributed by atoms with E-state index in [0.29, 0.717) is 17.4 Å². The van der Waals surface area contributed by atoms with Gasteiger partial charge in [0, 0.05) is 12.8 Å². The lowest BCUT2D eigenvalue weighted by molar-refractivity contribution is -0.870. The molecule has 0 amide bonds. The van der Waals surface area contributed by atoms with Crippen LogP contribution in [0.2, 0.25) is 0 Å². The summed E-state index contributed by atoms with van der Waals surface area (Å²) in [6.07, 6.45) is 110. The second kappa shape index (κ2) is 76.9. The third-order valence-corrected chi connectivity index (χ3v) is 17.1. The Kier molecular flexibility index (Phi) is 73.1. The number of unbranched alkanes of at least 4 members (excludes halogenated alkanes) is 34. The first-order valence-electron chi connectivity index (χ1n) is 40.0. The maximum atomic E-state index is 13.0. The van der Waals surface area contributed by atoms with Crippen LogP contribution in [0.15, 0.2) is 146 Å². The van der Waals surface area contributed by atoms with Crippen LogP contribution >= 0.6 is 0 Å². The average Bonchev–Trinajstić information content (AvgIpc) is 3.74. The van der Waals surface area contributed by atoms with Crippen LogP contribution in [0.1, 0.15) is 335 Å². The van der Waals surface area contributed by atoms with Crippen LogP contribution in [-0.2, 0) is 33.3 Å². The fraction of sp³-hybridized carbons (Fsp3) is 0.693. The summed E-state index contributed by atoms with van der Waals surface area (Å²) in [6.45, 7) is 4.63. The van der Waals surface area contributed by atoms with Crippen molar-refractivity contribution >= 4 is 17.9 Å². The Morgan fingerprint density at radius 2 is 0.588 bits per heavy atom. The molecule has 0 heterocycles. The zero-order valence-corrected chi connectivity index (χ0v) is 63.4. The van der Waals surface area contributed by atoms with Crippen LogP contribution in [0.4, 0.5) is 0 Å². The lowest BCUT2D eigenvalue weighted by Gasteiger charge is -2.26. The third-order valence-electron chi connectivity index (χ3n) is 17.1. The SMILES string of the molecule is CC/C=C\C/C=C\C/C=C\C/C=C\C/C=C\C/C=C\C/C=C\C/C=C\C/C=C\CCCCCCCCCC(=O)OC(COC(=O)CCCCCCCCCCCCCCCCCCCCCCCC/C=C\C/C=C\C/C=C\CCCCCCC)COC(OCC[N+](C)(C)C)C(=O)[O-]. The van der Waals surface area contributed by atoms with Crippen molar-refractivity contribution in [3.63, 3.8) is 0 Å². The van der Waals surface area contributed by atoms with E-state index < -0.39 is 24.3 Å². The highest BCUT2D eigenvalue weighted by molar-refractivity contribution is 5.70. The number of likely N-dealkylation sites (N-methyl/N-ethyl adjacent to an activating group) is 1. The van der Waals surface area contributed by atoms with Gasteiger partial charge >= 0.3 is 11.9 Å². The Bertz CT molecular complexity index is 2110. The van der Waals surface area contributed by atoms with E-state index in [1.807, 2.05) is 21.1 Å². The van der Waals surface area contributed by atoms with E-state index in [1.165, 1.54) is 186 Å². The van der Waals surface area contributed by atoms with E-state index in [-0.39, 0.29) is 38.6 Å². The largest absolute Gasteiger partial charge is 0.545 e. The predicted octanol–water partition coefficient (Wildman–Crippen LogP) is 24.5. The van der Waals surface area contributed by atoms with Crippen LogP contribution < -0.4 is 5.11 Å². The zero-order chi connectivity index (χ0) is 70.4. The van der Waals surface area contributed by atoms with Gasteiger partial charge in [0.05, 0.1) is 40.3 Å². The van der Waals surface area contributed by atoms with Crippen LogP contribution in [0, 0.1) is 0 Å². The van der Waals surface area contributed by atoms with Crippen molar-refractivity contribution in [2.75, 3.05) is 47.5 Å². The Labute approximate surface area is 598 Å². The molecule has 0 aliphatic rings. The van der Waals surface area contributed by atoms with Gasteiger partial charge in [0.2, 0.25) is 0 Å². The molecular formula is C88H149NO8. The van der Waals surface area contributed by atoms with Crippen LogP contribution in [0.3, 0.4) is 0 Å². The Balaban J connectivity index is 4.09. The van der Waals surface area contributed by atoms with Gasteiger partial charge in [-0.15, -0.1) is 0 Å². The summed E-state index contributed by atoms with van der Waals surface area (Å²) in [5, 5.41) is 11.9. The average molecular weight is 1350 g/mol. The highest BCUT2D eigenvalue weighted by atomic mass is 16.7. The Morgan fingerprint density at radius 1 is 0.320 bits per heavy atom. The number of carbonyl (C=O) groups is 3. The van der Waals surface area contributed by atoms with Gasteiger partial charge in [0.25, 0.3) is 0 Å². The molecule has 0 aliphatic carbocycles. The van der Waals surface area contributed by atoms with Gasteiger partial charge < -0.3 is 33.3 Å². The molecule has 0 aliphatic heterocycles. The lowest BCUT2D eigenvalue weighted by atomic mass is 10.0. The summed E-state index contributed by atoms with van der Waals surface area (Å²) in [7, 11) is 5.93. The summed E-state index contributed by atoms with van der Waals surface area (Å²) in [4.78, 5) is 37.6. The van der Waals surface area contributed by atoms with E-state index in [2.05, 4.69) is 160 Å². The van der Waals surface area contributed by atoms with Crippen LogP contribution in [-0.4, -0.2) is 82.3 Å². The maximum Gasteiger partial charge on any atom is 0.306 e. The molecule has 0 rings (SSSR count). The first kappa shape index (κ1) is 92.2. The Hall–Kier alpha value is -4.83. The van der Waals surface area contributed by atoms with E-state index in [4.69, 9.17) is 18.9 Å². The molecule has 9 heteroatoms. The van der Waals surface area contributed by atoms with Gasteiger partial charge in [0.1, 0.15) is 13.2 Å². The topological polar surface area (TPSA) is 111 Å². The standard InChI is InChI=1S/C88H149NO8/c1-6-8-10-12-14-16-18-20-22-24-26-28-30-32-34-36-38-40-42-43-45-46-48-50-52-54-56-58-60-62-64-66-68-70-72-74-76-78-85(90)95-82-84(83-96-88(87(92)93)94-81-80-89(3,4)5)97-86(91)79-77-75-73-71-69-67-65-63-61-59-57-55-53-51-49-47-44-41-39-37-35-33-31-29-27-25-23-21-19-17-15-13-11-9-7-2/h9,11,15,17-18,20-21,23-24,26-27,29-30,32-33,35,39,41,47,49,53,55,59,61,84,88H,6-8,10,12-14,16,19,22,25,28,31,34,36-38,40,42-46,48,50-52,54,56-58,60,62-83H2,1-5H3/b11-9-,17-15-,20-18-,23-21-,26-24-,29-27-,32-30-,35-33-,41-39-,49-47-,55-53-,61-59-. The number of nitrogens with zero attached hydrogens (tertiary/aromatic N) is 1. The number of hydrogen-bond acceptors (Lipinski definition) is 8. The van der Waals surface area contributed by atoms with Gasteiger partial charge in [-0.2, -0.15) is 0 Å². The number of hydrogen-bond donors (Lipinski definition) is 0. The molecule has 0 saturated heterocycles. The van der Waals surface area contributed by atoms with Crippen molar-refractivity contribution < 1.29 is 42.9 Å². The summed E-state index contributed by atoms with van der Waals surface area (Å²) in [5.41, 5.74) is 0. The van der Waals surface area contributed by atoms with Gasteiger partial charge in [-0.1, -0.05) is 346 Å². The van der Waals surface area contributed by atoms with Gasteiger partial charge in [-0.3, -0.25) is 9.59 Å². The minimum absolute atomic E-state index is 0.140. The van der Waals surface area contributed by atoms with E-state index in [0.717, 1.165) is 116 Å². The molecule has 0 N–H and O–H groups in total. The number of aliphatic carboxylic acids is 1. The van der Waals surface area contributed by atoms with Crippen molar-refractivity contribution in [3.8, 4) is 0 Å².